The molecular formula is C14H16N4O2. The lowest BCUT2D eigenvalue weighted by Gasteiger charge is -2.25. The molecule has 1 aliphatic heterocycles. The summed E-state index contributed by atoms with van der Waals surface area (Å²) in [4.78, 5) is 13.1. The number of aromatic nitrogens is 2. The Bertz CT molecular complexity index is 650. The minimum Gasteiger partial charge on any atom is -0.299 e. The van der Waals surface area contributed by atoms with E-state index in [1.807, 2.05) is 6.07 Å². The topological polar surface area (TPSA) is 75.1 Å². The first-order valence-electron chi connectivity index (χ1n) is 6.73. The predicted octanol–water partition coefficient (Wildman–Crippen LogP) is 2.36. The van der Waals surface area contributed by atoms with E-state index in [1.54, 1.807) is 12.1 Å². The maximum absolute atomic E-state index is 11.2. The van der Waals surface area contributed by atoms with Crippen LogP contribution in [-0.2, 0) is 13.0 Å². The van der Waals surface area contributed by atoms with Crippen molar-refractivity contribution in [3.8, 4) is 11.3 Å². The van der Waals surface area contributed by atoms with Gasteiger partial charge in [-0.05, 0) is 12.6 Å². The first-order chi connectivity index (χ1) is 9.70. The number of aromatic amines is 1. The number of H-pyrrole nitrogens is 1. The molecule has 2 aromatic rings. The minimum absolute atomic E-state index is 0.107. The van der Waals surface area contributed by atoms with E-state index in [2.05, 4.69) is 22.0 Å². The van der Waals surface area contributed by atoms with Gasteiger partial charge in [0.15, 0.2) is 0 Å². The molecule has 0 aliphatic carbocycles. The highest BCUT2D eigenvalue weighted by Crippen LogP contribution is 2.33. The van der Waals surface area contributed by atoms with Crippen LogP contribution in [-0.4, -0.2) is 33.1 Å². The summed E-state index contributed by atoms with van der Waals surface area (Å²) in [5.41, 5.74) is 3.60. The molecule has 0 unspecified atom stereocenters. The molecule has 1 N–H and O–H groups in total. The standard InChI is InChI=1S/C14H16N4O2/c1-2-17-8-7-12-11(9-17)14(16-15-12)10-5-3-4-6-13(10)18(19)20/h3-6H,2,7-9H2,1H3,(H,15,16). The quantitative estimate of drug-likeness (QED) is 0.687. The Kier molecular flexibility index (Phi) is 3.23. The molecule has 0 radical (unpaired) electrons. The number of fused-ring (bicyclic) bond motifs is 1. The van der Waals surface area contributed by atoms with E-state index in [1.165, 1.54) is 6.07 Å². The Hall–Kier alpha value is -2.21. The van der Waals surface area contributed by atoms with Crippen LogP contribution in [0, 0.1) is 10.1 Å². The van der Waals surface area contributed by atoms with E-state index in [4.69, 9.17) is 0 Å². The third kappa shape index (κ3) is 2.08. The summed E-state index contributed by atoms with van der Waals surface area (Å²) < 4.78 is 0. The zero-order valence-corrected chi connectivity index (χ0v) is 11.3. The monoisotopic (exact) mass is 272 g/mol. The van der Waals surface area contributed by atoms with E-state index >= 15 is 0 Å². The molecule has 0 spiro atoms. The van der Waals surface area contributed by atoms with Gasteiger partial charge in [-0.3, -0.25) is 20.1 Å². The van der Waals surface area contributed by atoms with Crippen molar-refractivity contribution in [3.63, 3.8) is 0 Å². The number of hydrogen-bond donors (Lipinski definition) is 1. The minimum atomic E-state index is -0.350. The number of rotatable bonds is 3. The highest BCUT2D eigenvalue weighted by Gasteiger charge is 2.25. The number of nitrogens with zero attached hydrogens (tertiary/aromatic N) is 3. The fourth-order valence-corrected chi connectivity index (χ4v) is 2.68. The summed E-state index contributed by atoms with van der Waals surface area (Å²) in [5.74, 6) is 0. The number of benzene rings is 1. The molecule has 3 rings (SSSR count). The van der Waals surface area contributed by atoms with Gasteiger partial charge in [0.2, 0.25) is 0 Å². The lowest BCUT2D eigenvalue weighted by Crippen LogP contribution is -2.30. The molecule has 6 nitrogen and oxygen atoms in total. The van der Waals surface area contributed by atoms with Crippen LogP contribution in [0.4, 0.5) is 5.69 Å². The van der Waals surface area contributed by atoms with Crippen LogP contribution >= 0.6 is 0 Å². The third-order valence-electron chi connectivity index (χ3n) is 3.82. The average molecular weight is 272 g/mol. The van der Waals surface area contributed by atoms with Gasteiger partial charge in [0, 0.05) is 36.8 Å². The second-order valence-electron chi connectivity index (χ2n) is 4.92. The van der Waals surface area contributed by atoms with Crippen LogP contribution in [0.2, 0.25) is 0 Å². The van der Waals surface area contributed by atoms with E-state index in [9.17, 15) is 10.1 Å². The molecule has 0 bridgehead atoms. The maximum Gasteiger partial charge on any atom is 0.278 e. The molecule has 1 aliphatic rings. The van der Waals surface area contributed by atoms with Crippen molar-refractivity contribution in [1.29, 1.82) is 0 Å². The summed E-state index contributed by atoms with van der Waals surface area (Å²) in [7, 11) is 0. The molecule has 2 heterocycles. The molecular weight excluding hydrogens is 256 g/mol. The number of nitro benzene ring substituents is 1. The molecule has 1 aromatic carbocycles. The van der Waals surface area contributed by atoms with Crippen LogP contribution in [0.15, 0.2) is 24.3 Å². The molecule has 0 saturated carbocycles. The van der Waals surface area contributed by atoms with Gasteiger partial charge in [-0.15, -0.1) is 0 Å². The van der Waals surface area contributed by atoms with Crippen molar-refractivity contribution < 1.29 is 4.92 Å². The summed E-state index contributed by atoms with van der Waals surface area (Å²) in [6, 6.07) is 6.78. The van der Waals surface area contributed by atoms with E-state index in [0.717, 1.165) is 37.3 Å². The van der Waals surface area contributed by atoms with E-state index in [-0.39, 0.29) is 10.6 Å². The number of hydrogen-bond acceptors (Lipinski definition) is 4. The van der Waals surface area contributed by atoms with Gasteiger partial charge in [-0.2, -0.15) is 5.10 Å². The molecule has 0 atom stereocenters. The average Bonchev–Trinajstić information content (AvgIpc) is 2.89. The second kappa shape index (κ2) is 5.05. The maximum atomic E-state index is 11.2. The number of nitro groups is 1. The van der Waals surface area contributed by atoms with Crippen molar-refractivity contribution >= 4 is 5.69 Å². The lowest BCUT2D eigenvalue weighted by molar-refractivity contribution is -0.384. The predicted molar refractivity (Wildman–Crippen MR) is 75.3 cm³/mol. The normalized spacial score (nSPS) is 15.1. The summed E-state index contributed by atoms with van der Waals surface area (Å²) in [6.45, 7) is 4.89. The largest absolute Gasteiger partial charge is 0.299 e. The number of likely N-dealkylation sites (N-methyl/N-ethyl adjacent to an activating group) is 1. The van der Waals surface area contributed by atoms with Crippen LogP contribution in [0.5, 0.6) is 0 Å². The van der Waals surface area contributed by atoms with Crippen LogP contribution in [0.25, 0.3) is 11.3 Å². The summed E-state index contributed by atoms with van der Waals surface area (Å²) in [5, 5.41) is 18.5. The van der Waals surface area contributed by atoms with Crippen molar-refractivity contribution in [1.82, 2.24) is 15.1 Å². The number of para-hydroxylation sites is 1. The summed E-state index contributed by atoms with van der Waals surface area (Å²) in [6.07, 6.45) is 0.913. The molecule has 0 saturated heterocycles. The van der Waals surface area contributed by atoms with Crippen molar-refractivity contribution in [2.45, 2.75) is 19.9 Å². The number of nitrogens with one attached hydrogen (secondary N) is 1. The summed E-state index contributed by atoms with van der Waals surface area (Å²) >= 11 is 0. The van der Waals surface area contributed by atoms with Crippen molar-refractivity contribution in [3.05, 3.63) is 45.6 Å². The van der Waals surface area contributed by atoms with Gasteiger partial charge < -0.3 is 0 Å². The Morgan fingerprint density at radius 3 is 3.00 bits per heavy atom. The second-order valence-corrected chi connectivity index (χ2v) is 4.92. The fourth-order valence-electron chi connectivity index (χ4n) is 2.68. The van der Waals surface area contributed by atoms with Crippen molar-refractivity contribution in [2.24, 2.45) is 0 Å². The van der Waals surface area contributed by atoms with Crippen LogP contribution in [0.1, 0.15) is 18.2 Å². The molecule has 0 fully saturated rings. The van der Waals surface area contributed by atoms with Gasteiger partial charge in [0.05, 0.1) is 10.5 Å². The van der Waals surface area contributed by atoms with Gasteiger partial charge in [0.1, 0.15) is 5.69 Å². The van der Waals surface area contributed by atoms with Crippen LogP contribution in [0.3, 0.4) is 0 Å². The lowest BCUT2D eigenvalue weighted by atomic mass is 10.00. The Morgan fingerprint density at radius 1 is 1.45 bits per heavy atom. The molecule has 0 amide bonds. The molecule has 104 valence electrons. The Morgan fingerprint density at radius 2 is 2.25 bits per heavy atom. The highest BCUT2D eigenvalue weighted by atomic mass is 16.6. The zero-order chi connectivity index (χ0) is 14.1. The van der Waals surface area contributed by atoms with Gasteiger partial charge >= 0.3 is 0 Å². The van der Waals surface area contributed by atoms with Crippen LogP contribution < -0.4 is 0 Å². The smallest absolute Gasteiger partial charge is 0.278 e. The first kappa shape index (κ1) is 12.8. The van der Waals surface area contributed by atoms with Gasteiger partial charge in [-0.25, -0.2) is 0 Å². The highest BCUT2D eigenvalue weighted by molar-refractivity contribution is 5.73. The molecule has 20 heavy (non-hydrogen) atoms. The first-order valence-corrected chi connectivity index (χ1v) is 6.73. The fraction of sp³-hybridized carbons (Fsp3) is 0.357. The van der Waals surface area contributed by atoms with E-state index in [0.29, 0.717) is 11.3 Å². The SMILES string of the molecule is CCN1CCc2[nH]nc(-c3ccccc3[N+](=O)[O-])c2C1. The third-order valence-corrected chi connectivity index (χ3v) is 3.82. The Labute approximate surface area is 116 Å². The van der Waals surface area contributed by atoms with Crippen molar-refractivity contribution in [2.75, 3.05) is 13.1 Å². The van der Waals surface area contributed by atoms with Gasteiger partial charge in [0.25, 0.3) is 5.69 Å². The zero-order valence-electron chi connectivity index (χ0n) is 11.3. The molecule has 1 aromatic heterocycles. The van der Waals surface area contributed by atoms with Gasteiger partial charge in [-0.1, -0.05) is 19.1 Å². The molecule has 6 heteroatoms. The van der Waals surface area contributed by atoms with E-state index < -0.39 is 0 Å². The Balaban J connectivity index is 2.09.